The van der Waals surface area contributed by atoms with Crippen LogP contribution in [0, 0.1) is 0 Å². The summed E-state index contributed by atoms with van der Waals surface area (Å²) in [5.74, 6) is -0.852. The minimum absolute atomic E-state index is 0.0447. The Morgan fingerprint density at radius 2 is 1.94 bits per heavy atom. The lowest BCUT2D eigenvalue weighted by atomic mass is 9.99. The lowest BCUT2D eigenvalue weighted by Gasteiger charge is -2.16. The summed E-state index contributed by atoms with van der Waals surface area (Å²) in [4.78, 5) is 17.1. The number of nitrogens with zero attached hydrogens (tertiary/aromatic N) is 5. The standard InChI is InChI=1S/C23H20F3N7O/c1-12(23(24,25)26)31-22(34)18-10-30-33-4-3-13(6-20(18)33)16-7-19(27)21-17(16)5-14(8-28-21)15-9-29-32(2)11-15/h3-12,19H,27H2,1-2H3,(H,31,34)/t12-,19+/m1/s1. The minimum Gasteiger partial charge on any atom is -0.340 e. The second kappa shape index (κ2) is 7.80. The fraction of sp³-hybridized carbons (Fsp3) is 0.217. The van der Waals surface area contributed by atoms with Crippen LogP contribution >= 0.6 is 0 Å². The number of pyridine rings is 2. The summed E-state index contributed by atoms with van der Waals surface area (Å²) >= 11 is 0. The number of aromatic nitrogens is 5. The first-order valence-electron chi connectivity index (χ1n) is 10.4. The van der Waals surface area contributed by atoms with Crippen molar-refractivity contribution in [3.63, 3.8) is 0 Å². The molecule has 0 saturated carbocycles. The summed E-state index contributed by atoms with van der Waals surface area (Å²) < 4.78 is 41.8. The Bertz CT molecular complexity index is 1450. The molecule has 0 bridgehead atoms. The molecule has 0 radical (unpaired) electrons. The summed E-state index contributed by atoms with van der Waals surface area (Å²) in [6, 6.07) is 3.11. The molecule has 0 aliphatic heterocycles. The van der Waals surface area contributed by atoms with E-state index in [-0.39, 0.29) is 5.56 Å². The van der Waals surface area contributed by atoms with Crippen LogP contribution in [0.1, 0.15) is 40.1 Å². The average molecular weight is 467 g/mol. The van der Waals surface area contributed by atoms with Gasteiger partial charge in [0.1, 0.15) is 6.04 Å². The highest BCUT2D eigenvalue weighted by atomic mass is 19.4. The smallest absolute Gasteiger partial charge is 0.340 e. The van der Waals surface area contributed by atoms with Crippen molar-refractivity contribution in [1.82, 2.24) is 29.7 Å². The van der Waals surface area contributed by atoms with Crippen molar-refractivity contribution in [3.05, 3.63) is 77.6 Å². The zero-order valence-corrected chi connectivity index (χ0v) is 18.2. The molecule has 4 aromatic rings. The second-order valence-electron chi connectivity index (χ2n) is 8.21. The van der Waals surface area contributed by atoms with Crippen LogP contribution in [-0.4, -0.2) is 42.5 Å². The van der Waals surface area contributed by atoms with Gasteiger partial charge in [0.2, 0.25) is 0 Å². The first kappa shape index (κ1) is 21.8. The van der Waals surface area contributed by atoms with Gasteiger partial charge in [-0.25, -0.2) is 4.52 Å². The molecule has 34 heavy (non-hydrogen) atoms. The van der Waals surface area contributed by atoms with E-state index in [0.717, 1.165) is 34.8 Å². The summed E-state index contributed by atoms with van der Waals surface area (Å²) in [6.07, 6.45) is 5.60. The number of hydrogen-bond donors (Lipinski definition) is 2. The topological polar surface area (TPSA) is 103 Å². The molecule has 11 heteroatoms. The molecule has 8 nitrogen and oxygen atoms in total. The van der Waals surface area contributed by atoms with E-state index in [9.17, 15) is 18.0 Å². The van der Waals surface area contributed by atoms with E-state index in [0.29, 0.717) is 11.2 Å². The Balaban J connectivity index is 1.53. The number of nitrogens with one attached hydrogen (secondary N) is 1. The molecule has 0 unspecified atom stereocenters. The molecule has 3 N–H and O–H groups in total. The number of hydrogen-bond acceptors (Lipinski definition) is 5. The molecule has 0 fully saturated rings. The van der Waals surface area contributed by atoms with Gasteiger partial charge >= 0.3 is 6.18 Å². The van der Waals surface area contributed by atoms with Crippen molar-refractivity contribution < 1.29 is 18.0 Å². The van der Waals surface area contributed by atoms with Gasteiger partial charge in [-0.05, 0) is 36.3 Å². The number of fused-ring (bicyclic) bond motifs is 2. The van der Waals surface area contributed by atoms with Crippen LogP contribution in [0.4, 0.5) is 13.2 Å². The normalized spacial score (nSPS) is 16.4. The Morgan fingerprint density at radius 3 is 2.65 bits per heavy atom. The van der Waals surface area contributed by atoms with Gasteiger partial charge in [0.05, 0.1) is 35.2 Å². The fourth-order valence-electron chi connectivity index (χ4n) is 3.96. The van der Waals surface area contributed by atoms with Crippen LogP contribution in [0.3, 0.4) is 0 Å². The molecular formula is C23H20F3N7O. The van der Waals surface area contributed by atoms with Crippen LogP contribution in [0.15, 0.2) is 55.3 Å². The van der Waals surface area contributed by atoms with Gasteiger partial charge in [-0.2, -0.15) is 23.4 Å². The number of alkyl halides is 3. The van der Waals surface area contributed by atoms with Crippen molar-refractivity contribution in [2.75, 3.05) is 0 Å². The molecule has 5 rings (SSSR count). The van der Waals surface area contributed by atoms with Crippen molar-refractivity contribution in [3.8, 4) is 11.1 Å². The minimum atomic E-state index is -4.54. The van der Waals surface area contributed by atoms with E-state index in [4.69, 9.17) is 5.73 Å². The second-order valence-corrected chi connectivity index (χ2v) is 8.21. The van der Waals surface area contributed by atoms with E-state index in [1.807, 2.05) is 36.8 Å². The molecular weight excluding hydrogens is 447 g/mol. The molecule has 1 aliphatic carbocycles. The molecule has 4 aromatic heterocycles. The molecule has 174 valence electrons. The Labute approximate surface area is 191 Å². The van der Waals surface area contributed by atoms with E-state index in [1.54, 1.807) is 29.3 Å². The molecule has 1 amide bonds. The van der Waals surface area contributed by atoms with E-state index in [2.05, 4.69) is 15.2 Å². The maximum absolute atomic E-state index is 12.9. The highest BCUT2D eigenvalue weighted by molar-refractivity contribution is 6.01. The van der Waals surface area contributed by atoms with E-state index >= 15 is 0 Å². The summed E-state index contributed by atoms with van der Waals surface area (Å²) in [6.45, 7) is 0.892. The third-order valence-corrected chi connectivity index (χ3v) is 5.82. The van der Waals surface area contributed by atoms with Crippen LogP contribution in [0.2, 0.25) is 0 Å². The van der Waals surface area contributed by atoms with Gasteiger partial charge in [-0.1, -0.05) is 6.08 Å². The maximum Gasteiger partial charge on any atom is 0.408 e. The highest BCUT2D eigenvalue weighted by Gasteiger charge is 2.37. The van der Waals surface area contributed by atoms with Gasteiger partial charge in [0.15, 0.2) is 0 Å². The third kappa shape index (κ3) is 3.73. The predicted molar refractivity (Wildman–Crippen MR) is 119 cm³/mol. The van der Waals surface area contributed by atoms with Crippen LogP contribution in [-0.2, 0) is 7.05 Å². The number of nitrogens with two attached hydrogens (primary N) is 1. The first-order valence-corrected chi connectivity index (χ1v) is 10.4. The van der Waals surface area contributed by atoms with Crippen LogP contribution < -0.4 is 11.1 Å². The first-order chi connectivity index (χ1) is 16.1. The van der Waals surface area contributed by atoms with Crippen LogP contribution in [0.25, 0.3) is 22.2 Å². The van der Waals surface area contributed by atoms with Gasteiger partial charge < -0.3 is 11.1 Å². The molecule has 1 aliphatic rings. The summed E-state index contributed by atoms with van der Waals surface area (Å²) in [5.41, 5.74) is 11.6. The summed E-state index contributed by atoms with van der Waals surface area (Å²) in [5, 5.41) is 10.3. The largest absolute Gasteiger partial charge is 0.408 e. The van der Waals surface area contributed by atoms with Gasteiger partial charge in [-0.3, -0.25) is 14.5 Å². The van der Waals surface area contributed by atoms with Gasteiger partial charge in [-0.15, -0.1) is 0 Å². The number of carbonyl (C=O) groups is 1. The number of amides is 1. The van der Waals surface area contributed by atoms with Crippen molar-refractivity contribution in [1.29, 1.82) is 0 Å². The van der Waals surface area contributed by atoms with Crippen molar-refractivity contribution in [2.24, 2.45) is 12.8 Å². The predicted octanol–water partition coefficient (Wildman–Crippen LogP) is 3.26. The molecule has 0 saturated heterocycles. The lowest BCUT2D eigenvalue weighted by molar-refractivity contribution is -0.149. The number of halogens is 3. The molecule has 0 spiro atoms. The maximum atomic E-state index is 12.9. The molecule has 4 heterocycles. The van der Waals surface area contributed by atoms with Crippen LogP contribution in [0.5, 0.6) is 0 Å². The summed E-state index contributed by atoms with van der Waals surface area (Å²) in [7, 11) is 1.83. The SMILES string of the molecule is C[C@@H](NC(=O)c1cnn2ccc(C3=C[C@H](N)c4ncc(-c5cnn(C)c5)cc43)cc12)C(F)(F)F. The van der Waals surface area contributed by atoms with E-state index in [1.165, 1.54) is 10.7 Å². The number of rotatable bonds is 4. The van der Waals surface area contributed by atoms with E-state index < -0.39 is 24.2 Å². The Kier molecular flexibility index (Phi) is 5.01. The lowest BCUT2D eigenvalue weighted by Crippen LogP contribution is -2.43. The average Bonchev–Trinajstić information content (AvgIpc) is 3.49. The third-order valence-electron chi connectivity index (χ3n) is 5.82. The monoisotopic (exact) mass is 467 g/mol. The van der Waals surface area contributed by atoms with Gasteiger partial charge in [0.25, 0.3) is 5.91 Å². The quantitative estimate of drug-likeness (QED) is 0.480. The zero-order valence-electron chi connectivity index (χ0n) is 18.2. The Hall–Kier alpha value is -3.99. The zero-order chi connectivity index (χ0) is 24.2. The molecule has 0 aromatic carbocycles. The fourth-order valence-corrected chi connectivity index (χ4v) is 3.96. The van der Waals surface area contributed by atoms with Crippen molar-refractivity contribution in [2.45, 2.75) is 25.2 Å². The van der Waals surface area contributed by atoms with Gasteiger partial charge in [0, 0.05) is 42.3 Å². The number of carbonyl (C=O) groups excluding carboxylic acids is 1. The number of aryl methyl sites for hydroxylation is 1. The molecule has 2 atom stereocenters. The Morgan fingerprint density at radius 1 is 1.15 bits per heavy atom. The van der Waals surface area contributed by atoms with Crippen molar-refractivity contribution >= 4 is 17.0 Å². The highest BCUT2D eigenvalue weighted by Crippen LogP contribution is 2.38.